The van der Waals surface area contributed by atoms with E-state index in [1.165, 1.54) is 28.7 Å². The Bertz CT molecular complexity index is 863. The number of hydrogen-bond acceptors (Lipinski definition) is 6. The van der Waals surface area contributed by atoms with Crippen LogP contribution < -0.4 is 4.90 Å². The van der Waals surface area contributed by atoms with Gasteiger partial charge in [-0.25, -0.2) is 9.97 Å². The fraction of sp³-hybridized carbons (Fsp3) is 0.667. The van der Waals surface area contributed by atoms with E-state index in [0.717, 1.165) is 68.2 Å². The van der Waals surface area contributed by atoms with E-state index >= 15 is 0 Å². The second kappa shape index (κ2) is 7.95. The molecule has 0 bridgehead atoms. The number of amides is 1. The topological polar surface area (TPSA) is 52.6 Å². The van der Waals surface area contributed by atoms with Gasteiger partial charge in [0.25, 0.3) is 0 Å². The molecular weight excluding hydrogens is 370 g/mol. The normalized spacial score (nSPS) is 19.6. The maximum Gasteiger partial charge on any atom is 0.219 e. The molecule has 2 aromatic heterocycles. The number of likely N-dealkylation sites (tertiary alicyclic amines) is 1. The molecular formula is C21H31N5OS. The number of hydrogen-bond donors (Lipinski definition) is 0. The van der Waals surface area contributed by atoms with Crippen LogP contribution in [0.1, 0.15) is 43.0 Å². The maximum absolute atomic E-state index is 11.7. The number of nitrogens with zero attached hydrogens (tertiary/aromatic N) is 5. The zero-order chi connectivity index (χ0) is 19.8. The minimum absolute atomic E-state index is 0.162. The molecule has 0 aliphatic carbocycles. The van der Waals surface area contributed by atoms with Gasteiger partial charge in [-0.1, -0.05) is 6.92 Å². The quantitative estimate of drug-likeness (QED) is 0.790. The number of piperazine rings is 1. The standard InChI is InChI=1S/C21H31N5OS/c1-14-5-7-24(8-6-14)13-18-22-20(19-15(2)16(3)28-21(19)23-18)26-11-9-25(10-12-26)17(4)27/h14H,5-13H2,1-4H3. The number of aryl methyl sites for hydroxylation is 2. The minimum Gasteiger partial charge on any atom is -0.352 e. The van der Waals surface area contributed by atoms with Crippen LogP contribution in [0.3, 0.4) is 0 Å². The van der Waals surface area contributed by atoms with Crippen molar-refractivity contribution in [2.45, 2.75) is 47.1 Å². The number of aromatic nitrogens is 2. The third-order valence-corrected chi connectivity index (χ3v) is 7.42. The van der Waals surface area contributed by atoms with Gasteiger partial charge in [0.2, 0.25) is 5.91 Å². The van der Waals surface area contributed by atoms with E-state index in [1.807, 2.05) is 4.90 Å². The summed E-state index contributed by atoms with van der Waals surface area (Å²) in [7, 11) is 0. The van der Waals surface area contributed by atoms with Crippen molar-refractivity contribution in [3.63, 3.8) is 0 Å². The molecule has 0 atom stereocenters. The van der Waals surface area contributed by atoms with Crippen LogP contribution in [-0.2, 0) is 11.3 Å². The van der Waals surface area contributed by atoms with Gasteiger partial charge in [0.15, 0.2) is 0 Å². The van der Waals surface area contributed by atoms with Crippen molar-refractivity contribution in [3.05, 3.63) is 16.3 Å². The molecule has 2 aliphatic heterocycles. The Kier molecular flexibility index (Phi) is 5.56. The summed E-state index contributed by atoms with van der Waals surface area (Å²) in [5, 5.41) is 1.20. The largest absolute Gasteiger partial charge is 0.352 e. The van der Waals surface area contributed by atoms with E-state index in [4.69, 9.17) is 9.97 Å². The van der Waals surface area contributed by atoms with Crippen molar-refractivity contribution >= 4 is 33.3 Å². The molecule has 6 nitrogen and oxygen atoms in total. The first-order chi connectivity index (χ1) is 13.4. The number of rotatable bonds is 3. The molecule has 4 heterocycles. The number of carbonyl (C=O) groups excluding carboxylic acids is 1. The van der Waals surface area contributed by atoms with E-state index in [2.05, 4.69) is 30.6 Å². The lowest BCUT2D eigenvalue weighted by atomic mass is 9.99. The Morgan fingerprint density at radius 1 is 1.07 bits per heavy atom. The van der Waals surface area contributed by atoms with E-state index in [1.54, 1.807) is 18.3 Å². The number of thiophene rings is 1. The molecule has 0 saturated carbocycles. The molecule has 2 saturated heterocycles. The highest BCUT2D eigenvalue weighted by molar-refractivity contribution is 7.18. The van der Waals surface area contributed by atoms with Gasteiger partial charge in [0.1, 0.15) is 16.5 Å². The fourth-order valence-corrected chi connectivity index (χ4v) is 5.27. The molecule has 0 spiro atoms. The van der Waals surface area contributed by atoms with Crippen molar-refractivity contribution in [1.82, 2.24) is 19.8 Å². The summed E-state index contributed by atoms with van der Waals surface area (Å²) in [6.07, 6.45) is 2.53. The van der Waals surface area contributed by atoms with Crippen molar-refractivity contribution < 1.29 is 4.79 Å². The first-order valence-corrected chi connectivity index (χ1v) is 11.2. The van der Waals surface area contributed by atoms with Gasteiger partial charge in [-0.15, -0.1) is 11.3 Å². The van der Waals surface area contributed by atoms with E-state index in [-0.39, 0.29) is 5.91 Å². The Morgan fingerprint density at radius 2 is 1.75 bits per heavy atom. The second-order valence-electron chi connectivity index (χ2n) is 8.38. The lowest BCUT2D eigenvalue weighted by Gasteiger charge is -2.35. The van der Waals surface area contributed by atoms with Crippen LogP contribution in [0, 0.1) is 19.8 Å². The zero-order valence-corrected chi connectivity index (χ0v) is 18.3. The number of piperidine rings is 1. The molecule has 0 unspecified atom stereocenters. The molecule has 2 aliphatic rings. The third-order valence-electron chi connectivity index (χ3n) is 6.32. The number of anilines is 1. The first kappa shape index (κ1) is 19.6. The molecule has 4 rings (SSSR count). The Balaban J connectivity index is 1.63. The summed E-state index contributed by atoms with van der Waals surface area (Å²) < 4.78 is 0. The van der Waals surface area contributed by atoms with Gasteiger partial charge in [-0.2, -0.15) is 0 Å². The van der Waals surface area contributed by atoms with Crippen LogP contribution >= 0.6 is 11.3 Å². The molecule has 7 heteroatoms. The predicted octanol–water partition coefficient (Wildman–Crippen LogP) is 3.21. The average Bonchev–Trinajstić information content (AvgIpc) is 2.97. The molecule has 28 heavy (non-hydrogen) atoms. The van der Waals surface area contributed by atoms with E-state index < -0.39 is 0 Å². The molecule has 1 amide bonds. The van der Waals surface area contributed by atoms with Crippen LogP contribution in [-0.4, -0.2) is 64.9 Å². The van der Waals surface area contributed by atoms with Crippen LogP contribution in [0.4, 0.5) is 5.82 Å². The van der Waals surface area contributed by atoms with Crippen molar-refractivity contribution in [1.29, 1.82) is 0 Å². The van der Waals surface area contributed by atoms with Crippen LogP contribution in [0.15, 0.2) is 0 Å². The second-order valence-corrected chi connectivity index (χ2v) is 9.58. The van der Waals surface area contributed by atoms with Gasteiger partial charge in [0, 0.05) is 38.0 Å². The number of carbonyl (C=O) groups is 1. The van der Waals surface area contributed by atoms with E-state index in [0.29, 0.717) is 0 Å². The maximum atomic E-state index is 11.7. The summed E-state index contributed by atoms with van der Waals surface area (Å²) in [4.78, 5) is 30.9. The Hall–Kier alpha value is -1.73. The van der Waals surface area contributed by atoms with Gasteiger partial charge in [-0.05, 0) is 51.3 Å². The molecule has 2 aromatic rings. The smallest absolute Gasteiger partial charge is 0.219 e. The monoisotopic (exact) mass is 401 g/mol. The Labute approximate surface area is 171 Å². The highest BCUT2D eigenvalue weighted by Gasteiger charge is 2.25. The predicted molar refractivity (Wildman–Crippen MR) is 115 cm³/mol. The van der Waals surface area contributed by atoms with Gasteiger partial charge >= 0.3 is 0 Å². The first-order valence-electron chi connectivity index (χ1n) is 10.4. The van der Waals surface area contributed by atoms with Crippen molar-refractivity contribution in [2.75, 3.05) is 44.2 Å². The zero-order valence-electron chi connectivity index (χ0n) is 17.5. The van der Waals surface area contributed by atoms with Crippen molar-refractivity contribution in [2.24, 2.45) is 5.92 Å². The molecule has 0 aromatic carbocycles. The van der Waals surface area contributed by atoms with Crippen LogP contribution in [0.25, 0.3) is 10.2 Å². The highest BCUT2D eigenvalue weighted by atomic mass is 32.1. The van der Waals surface area contributed by atoms with Crippen molar-refractivity contribution in [3.8, 4) is 0 Å². The summed E-state index contributed by atoms with van der Waals surface area (Å²) in [6.45, 7) is 14.7. The summed E-state index contributed by atoms with van der Waals surface area (Å²) in [5.41, 5.74) is 1.29. The summed E-state index contributed by atoms with van der Waals surface area (Å²) in [6, 6.07) is 0. The highest BCUT2D eigenvalue weighted by Crippen LogP contribution is 2.35. The van der Waals surface area contributed by atoms with E-state index in [9.17, 15) is 4.79 Å². The fourth-order valence-electron chi connectivity index (χ4n) is 4.22. The molecule has 0 N–H and O–H groups in total. The molecule has 152 valence electrons. The van der Waals surface area contributed by atoms with Crippen LogP contribution in [0.2, 0.25) is 0 Å². The Morgan fingerprint density at radius 3 is 2.39 bits per heavy atom. The number of fused-ring (bicyclic) bond motifs is 1. The summed E-state index contributed by atoms with van der Waals surface area (Å²) >= 11 is 1.78. The van der Waals surface area contributed by atoms with Gasteiger partial charge < -0.3 is 9.80 Å². The average molecular weight is 402 g/mol. The third kappa shape index (κ3) is 3.87. The lowest BCUT2D eigenvalue weighted by Crippen LogP contribution is -2.48. The lowest BCUT2D eigenvalue weighted by molar-refractivity contribution is -0.129. The minimum atomic E-state index is 0.162. The van der Waals surface area contributed by atoms with Gasteiger partial charge in [0.05, 0.1) is 11.9 Å². The SMILES string of the molecule is CC(=O)N1CCN(c2nc(CN3CCC(C)CC3)nc3sc(C)c(C)c23)CC1. The van der Waals surface area contributed by atoms with Crippen LogP contribution in [0.5, 0.6) is 0 Å². The molecule has 0 radical (unpaired) electrons. The summed E-state index contributed by atoms with van der Waals surface area (Å²) in [5.74, 6) is 2.99. The molecule has 2 fully saturated rings. The van der Waals surface area contributed by atoms with Gasteiger partial charge in [-0.3, -0.25) is 9.69 Å².